The highest BCUT2D eigenvalue weighted by Gasteiger charge is 2.21. The molecule has 0 bridgehead atoms. The molecule has 88 valence electrons. The van der Waals surface area contributed by atoms with E-state index in [2.05, 4.69) is 9.84 Å². The molecule has 0 atom stereocenters. The van der Waals surface area contributed by atoms with Gasteiger partial charge in [-0.15, -0.1) is 4.68 Å². The molecule has 0 aliphatic carbocycles. The fourth-order valence-electron chi connectivity index (χ4n) is 1.12. The van der Waals surface area contributed by atoms with Gasteiger partial charge in [-0.05, 0) is 10.8 Å². The maximum Gasteiger partial charge on any atom is 0.512 e. The third-order valence-electron chi connectivity index (χ3n) is 1.65. The fraction of sp³-hybridized carbons (Fsp3) is 0.500. The Balaban J connectivity index is 3.01. The second kappa shape index (κ2) is 4.60. The second-order valence-corrected chi connectivity index (χ2v) is 3.54. The molecule has 0 radical (unpaired) electrons. The van der Waals surface area contributed by atoms with Crippen LogP contribution in [0.1, 0.15) is 13.8 Å². The first kappa shape index (κ1) is 12.0. The molecule has 1 N–H and O–H groups in total. The molecule has 0 saturated carbocycles. The van der Waals surface area contributed by atoms with Gasteiger partial charge in [0, 0.05) is 0 Å². The molecule has 0 saturated heterocycles. The van der Waals surface area contributed by atoms with Crippen molar-refractivity contribution in [3.63, 3.8) is 0 Å². The van der Waals surface area contributed by atoms with Crippen molar-refractivity contribution >= 4 is 12.0 Å². The van der Waals surface area contributed by atoms with E-state index in [1.807, 2.05) is 13.8 Å². The number of aromatic nitrogens is 2. The van der Waals surface area contributed by atoms with Gasteiger partial charge in [0.15, 0.2) is 0 Å². The monoisotopic (exact) mass is 229 g/mol. The van der Waals surface area contributed by atoms with Gasteiger partial charge < -0.3 is 20.0 Å². The summed E-state index contributed by atoms with van der Waals surface area (Å²) in [6.07, 6.45) is -1.53. The lowest BCUT2D eigenvalue weighted by molar-refractivity contribution is -0.389. The largest absolute Gasteiger partial charge is 0.512 e. The molecule has 1 heterocycles. The zero-order valence-corrected chi connectivity index (χ0v) is 8.78. The van der Waals surface area contributed by atoms with Crippen LogP contribution in [-0.2, 0) is 6.54 Å². The topological polar surface area (TPSA) is 107 Å². The van der Waals surface area contributed by atoms with Crippen molar-refractivity contribution in [2.75, 3.05) is 0 Å². The first-order valence-corrected chi connectivity index (χ1v) is 4.53. The molecule has 0 unspecified atom stereocenters. The number of hydrogen-bond acceptors (Lipinski definition) is 5. The van der Waals surface area contributed by atoms with Crippen LogP contribution in [0.2, 0.25) is 0 Å². The Morgan fingerprint density at radius 3 is 2.81 bits per heavy atom. The van der Waals surface area contributed by atoms with E-state index in [1.165, 1.54) is 0 Å². The summed E-state index contributed by atoms with van der Waals surface area (Å²) >= 11 is 0. The number of rotatable bonds is 4. The van der Waals surface area contributed by atoms with Gasteiger partial charge in [0.2, 0.25) is 0 Å². The lowest BCUT2D eigenvalue weighted by Gasteiger charge is -2.03. The van der Waals surface area contributed by atoms with Crippen molar-refractivity contribution < 1.29 is 19.6 Å². The van der Waals surface area contributed by atoms with Crippen LogP contribution in [-0.4, -0.2) is 26.0 Å². The molecule has 0 spiro atoms. The number of nitrogens with zero attached hydrogens (tertiary/aromatic N) is 3. The summed E-state index contributed by atoms with van der Waals surface area (Å²) in [6.45, 7) is 4.09. The minimum Gasteiger partial charge on any atom is -0.449 e. The first-order valence-electron chi connectivity index (χ1n) is 4.53. The third-order valence-corrected chi connectivity index (χ3v) is 1.65. The highest BCUT2D eigenvalue weighted by Crippen LogP contribution is 2.20. The predicted octanol–water partition coefficient (Wildman–Crippen LogP) is 1.50. The minimum atomic E-state index is -1.53. The average Bonchev–Trinajstić information content (AvgIpc) is 2.46. The van der Waals surface area contributed by atoms with E-state index in [0.717, 1.165) is 10.7 Å². The van der Waals surface area contributed by atoms with Crippen molar-refractivity contribution in [2.45, 2.75) is 20.4 Å². The molecule has 16 heavy (non-hydrogen) atoms. The maximum absolute atomic E-state index is 10.5. The molecule has 0 aliphatic rings. The zero-order valence-electron chi connectivity index (χ0n) is 8.78. The minimum absolute atomic E-state index is 0.145. The molecule has 0 aromatic carbocycles. The van der Waals surface area contributed by atoms with E-state index in [-0.39, 0.29) is 11.8 Å². The van der Waals surface area contributed by atoms with Crippen LogP contribution in [0.4, 0.5) is 10.6 Å². The molecule has 1 aromatic heterocycles. The average molecular weight is 229 g/mol. The van der Waals surface area contributed by atoms with Crippen molar-refractivity contribution in [2.24, 2.45) is 5.92 Å². The van der Waals surface area contributed by atoms with E-state index >= 15 is 0 Å². The summed E-state index contributed by atoms with van der Waals surface area (Å²) in [4.78, 5) is 20.1. The van der Waals surface area contributed by atoms with E-state index in [1.54, 1.807) is 0 Å². The predicted molar refractivity (Wildman–Crippen MR) is 52.4 cm³/mol. The van der Waals surface area contributed by atoms with Crippen LogP contribution in [0.15, 0.2) is 6.07 Å². The number of nitro groups is 1. The molecule has 1 rings (SSSR count). The summed E-state index contributed by atoms with van der Waals surface area (Å²) in [5, 5.41) is 22.5. The van der Waals surface area contributed by atoms with Crippen LogP contribution in [0, 0.1) is 16.0 Å². The van der Waals surface area contributed by atoms with Gasteiger partial charge in [0.05, 0.1) is 11.6 Å². The number of carbonyl (C=O) groups is 1. The molecule has 8 heteroatoms. The summed E-state index contributed by atoms with van der Waals surface area (Å²) in [5.74, 6) is -0.416. The Hall–Kier alpha value is -2.12. The number of hydrogen-bond donors (Lipinski definition) is 1. The van der Waals surface area contributed by atoms with Crippen molar-refractivity contribution in [1.82, 2.24) is 9.78 Å². The van der Waals surface area contributed by atoms with E-state index in [4.69, 9.17) is 5.11 Å². The molecule has 0 aliphatic heterocycles. The van der Waals surface area contributed by atoms with Crippen LogP contribution in [0.5, 0.6) is 5.88 Å². The zero-order chi connectivity index (χ0) is 12.3. The highest BCUT2D eigenvalue weighted by molar-refractivity contribution is 5.60. The molecule has 0 fully saturated rings. The van der Waals surface area contributed by atoms with E-state index in [9.17, 15) is 14.9 Å². The Morgan fingerprint density at radius 2 is 2.38 bits per heavy atom. The van der Waals surface area contributed by atoms with Crippen LogP contribution in [0.3, 0.4) is 0 Å². The smallest absolute Gasteiger partial charge is 0.449 e. The van der Waals surface area contributed by atoms with E-state index < -0.39 is 16.9 Å². The Labute approximate surface area is 90.6 Å². The lowest BCUT2D eigenvalue weighted by atomic mass is 10.2. The summed E-state index contributed by atoms with van der Waals surface area (Å²) in [7, 11) is 0. The molecular weight excluding hydrogens is 218 g/mol. The SMILES string of the molecule is CC(C)Cn1nc([N+](=O)[O-])cc1OC(=O)O. The third kappa shape index (κ3) is 2.94. The van der Waals surface area contributed by atoms with Gasteiger partial charge in [-0.1, -0.05) is 13.8 Å². The molecule has 0 amide bonds. The Bertz CT molecular complexity index is 412. The summed E-state index contributed by atoms with van der Waals surface area (Å²) < 4.78 is 5.55. The number of ether oxygens (including phenoxy) is 1. The van der Waals surface area contributed by atoms with Crippen molar-refractivity contribution in [1.29, 1.82) is 0 Å². The first-order chi connectivity index (χ1) is 7.40. The van der Waals surface area contributed by atoms with Gasteiger partial charge in [-0.25, -0.2) is 4.79 Å². The molecular formula is C8H11N3O5. The van der Waals surface area contributed by atoms with Crippen LogP contribution >= 0.6 is 0 Å². The highest BCUT2D eigenvalue weighted by atomic mass is 16.7. The van der Waals surface area contributed by atoms with Crippen molar-refractivity contribution in [3.8, 4) is 5.88 Å². The number of carboxylic acid groups (broad SMARTS) is 1. The molecule has 8 nitrogen and oxygen atoms in total. The van der Waals surface area contributed by atoms with Gasteiger partial charge in [-0.2, -0.15) is 0 Å². The van der Waals surface area contributed by atoms with Gasteiger partial charge >= 0.3 is 12.0 Å². The van der Waals surface area contributed by atoms with Gasteiger partial charge in [0.1, 0.15) is 6.07 Å². The van der Waals surface area contributed by atoms with Crippen LogP contribution in [0.25, 0.3) is 0 Å². The Morgan fingerprint density at radius 1 is 1.75 bits per heavy atom. The maximum atomic E-state index is 10.5. The van der Waals surface area contributed by atoms with Gasteiger partial charge in [0.25, 0.3) is 5.88 Å². The quantitative estimate of drug-likeness (QED) is 0.476. The van der Waals surface area contributed by atoms with Crippen LogP contribution < -0.4 is 4.74 Å². The Kier molecular flexibility index (Phi) is 3.44. The second-order valence-electron chi connectivity index (χ2n) is 3.54. The summed E-state index contributed by atoms with van der Waals surface area (Å²) in [6, 6.07) is 0.983. The molecule has 1 aromatic rings. The van der Waals surface area contributed by atoms with Gasteiger partial charge in [-0.3, -0.25) is 0 Å². The lowest BCUT2D eigenvalue weighted by Crippen LogP contribution is -2.12. The normalized spacial score (nSPS) is 10.4. The van der Waals surface area contributed by atoms with E-state index in [0.29, 0.717) is 6.54 Å². The standard InChI is InChI=1S/C8H11N3O5/c1-5(2)4-10-7(16-8(12)13)3-6(9-10)11(14)15/h3,5H,4H2,1-2H3,(H,12,13). The summed E-state index contributed by atoms with van der Waals surface area (Å²) in [5.41, 5.74) is 0. The van der Waals surface area contributed by atoms with Crippen molar-refractivity contribution in [3.05, 3.63) is 16.2 Å². The fourth-order valence-corrected chi connectivity index (χ4v) is 1.12.